The van der Waals surface area contributed by atoms with E-state index in [1.165, 1.54) is 23.3 Å². The average Bonchev–Trinajstić information content (AvgIpc) is 2.97. The van der Waals surface area contributed by atoms with E-state index < -0.39 is 0 Å². The first-order chi connectivity index (χ1) is 12.0. The van der Waals surface area contributed by atoms with Crippen molar-refractivity contribution in [2.24, 2.45) is 0 Å². The lowest BCUT2D eigenvalue weighted by atomic mass is 9.93. The molecule has 0 aliphatic heterocycles. The maximum absolute atomic E-state index is 13.2. The average molecular weight is 338 g/mol. The van der Waals surface area contributed by atoms with E-state index in [1.54, 1.807) is 6.07 Å². The Kier molecular flexibility index (Phi) is 5.17. The number of rotatable bonds is 6. The zero-order chi connectivity index (χ0) is 17.8. The molecule has 3 nitrogen and oxygen atoms in total. The van der Waals surface area contributed by atoms with E-state index in [9.17, 15) is 9.18 Å². The second-order valence-corrected chi connectivity index (χ2v) is 6.57. The number of halogens is 1. The molecular weight excluding hydrogens is 315 g/mol. The van der Waals surface area contributed by atoms with Gasteiger partial charge in [-0.15, -0.1) is 0 Å². The summed E-state index contributed by atoms with van der Waals surface area (Å²) in [4.78, 5) is 15.3. The highest BCUT2D eigenvalue weighted by Crippen LogP contribution is 2.22. The first-order valence-corrected chi connectivity index (χ1v) is 8.62. The number of benzene rings is 2. The van der Waals surface area contributed by atoms with E-state index in [4.69, 9.17) is 0 Å². The second-order valence-electron chi connectivity index (χ2n) is 6.57. The van der Waals surface area contributed by atoms with Gasteiger partial charge in [0.25, 0.3) is 0 Å². The van der Waals surface area contributed by atoms with Crippen LogP contribution < -0.4 is 5.32 Å². The van der Waals surface area contributed by atoms with E-state index in [2.05, 4.69) is 36.3 Å². The first kappa shape index (κ1) is 17.2. The van der Waals surface area contributed by atoms with Crippen LogP contribution in [0.15, 0.2) is 48.7 Å². The van der Waals surface area contributed by atoms with Crippen molar-refractivity contribution in [2.45, 2.75) is 32.6 Å². The van der Waals surface area contributed by atoms with Gasteiger partial charge in [-0.25, -0.2) is 4.39 Å². The molecule has 4 heteroatoms. The summed E-state index contributed by atoms with van der Waals surface area (Å²) in [7, 11) is 0. The molecular formula is C21H23FN2O. The van der Waals surface area contributed by atoms with E-state index in [1.807, 2.05) is 18.3 Å². The van der Waals surface area contributed by atoms with Gasteiger partial charge in [0.05, 0.1) is 0 Å². The van der Waals surface area contributed by atoms with Gasteiger partial charge in [-0.2, -0.15) is 0 Å². The molecule has 0 aliphatic carbocycles. The Morgan fingerprint density at radius 2 is 2.04 bits per heavy atom. The molecule has 0 radical (unpaired) electrons. The molecule has 1 unspecified atom stereocenters. The molecule has 1 aromatic heterocycles. The summed E-state index contributed by atoms with van der Waals surface area (Å²) in [6.45, 7) is 4.73. The fourth-order valence-electron chi connectivity index (χ4n) is 3.30. The zero-order valence-corrected chi connectivity index (χ0v) is 14.6. The minimum Gasteiger partial charge on any atom is -0.361 e. The van der Waals surface area contributed by atoms with Gasteiger partial charge >= 0.3 is 0 Å². The Labute approximate surface area is 147 Å². The predicted molar refractivity (Wildman–Crippen MR) is 99.2 cm³/mol. The van der Waals surface area contributed by atoms with E-state index in [0.29, 0.717) is 13.0 Å². The zero-order valence-electron chi connectivity index (χ0n) is 14.6. The maximum atomic E-state index is 13.2. The van der Waals surface area contributed by atoms with Crippen molar-refractivity contribution in [2.75, 3.05) is 6.54 Å². The van der Waals surface area contributed by atoms with Crippen molar-refractivity contribution in [3.8, 4) is 0 Å². The summed E-state index contributed by atoms with van der Waals surface area (Å²) in [6, 6.07) is 12.9. The first-order valence-electron chi connectivity index (χ1n) is 8.62. The fourth-order valence-corrected chi connectivity index (χ4v) is 3.30. The summed E-state index contributed by atoms with van der Waals surface area (Å²) in [5, 5.41) is 3.99. The fraction of sp³-hybridized carbons (Fsp3) is 0.286. The Morgan fingerprint density at radius 1 is 1.24 bits per heavy atom. The van der Waals surface area contributed by atoms with Gasteiger partial charge in [-0.05, 0) is 54.2 Å². The lowest BCUT2D eigenvalue weighted by molar-refractivity contribution is -0.121. The van der Waals surface area contributed by atoms with E-state index in [0.717, 1.165) is 22.9 Å². The summed E-state index contributed by atoms with van der Waals surface area (Å²) >= 11 is 0. The highest BCUT2D eigenvalue weighted by molar-refractivity contribution is 5.83. The molecule has 0 bridgehead atoms. The van der Waals surface area contributed by atoms with Gasteiger partial charge in [-0.3, -0.25) is 4.79 Å². The minimum absolute atomic E-state index is 0.0571. The SMILES string of the molecule is Cc1ccccc1C(C)CC(=O)NCCc1c[nH]c2cc(F)ccc12. The minimum atomic E-state index is -0.251. The second kappa shape index (κ2) is 7.51. The van der Waals surface area contributed by atoms with Gasteiger partial charge in [0.1, 0.15) is 5.82 Å². The molecule has 2 aromatic carbocycles. The maximum Gasteiger partial charge on any atom is 0.220 e. The van der Waals surface area contributed by atoms with E-state index in [-0.39, 0.29) is 17.6 Å². The molecule has 0 fully saturated rings. The standard InChI is InChI=1S/C21H23FN2O/c1-14-5-3-4-6-18(14)15(2)11-21(25)23-10-9-16-13-24-20-12-17(22)7-8-19(16)20/h3-8,12-13,15,24H,9-11H2,1-2H3,(H,23,25). The van der Waals surface area contributed by atoms with Crippen molar-refractivity contribution < 1.29 is 9.18 Å². The summed E-state index contributed by atoms with van der Waals surface area (Å²) in [5.41, 5.74) is 4.31. The summed E-state index contributed by atoms with van der Waals surface area (Å²) in [5.74, 6) is -0.00158. The number of amides is 1. The summed E-state index contributed by atoms with van der Waals surface area (Å²) in [6.07, 6.45) is 3.08. The van der Waals surface area contributed by atoms with Crippen molar-refractivity contribution in [3.63, 3.8) is 0 Å². The van der Waals surface area contributed by atoms with Crippen molar-refractivity contribution in [3.05, 3.63) is 71.2 Å². The highest BCUT2D eigenvalue weighted by Gasteiger charge is 2.13. The quantitative estimate of drug-likeness (QED) is 0.684. The molecule has 0 aliphatic rings. The van der Waals surface area contributed by atoms with Crippen LogP contribution in [0.2, 0.25) is 0 Å². The number of carbonyl (C=O) groups is 1. The van der Waals surface area contributed by atoms with Crippen LogP contribution >= 0.6 is 0 Å². The molecule has 1 amide bonds. The van der Waals surface area contributed by atoms with Crippen LogP contribution in [0.3, 0.4) is 0 Å². The number of H-pyrrole nitrogens is 1. The Morgan fingerprint density at radius 3 is 2.84 bits per heavy atom. The van der Waals surface area contributed by atoms with Gasteiger partial charge in [0.2, 0.25) is 5.91 Å². The van der Waals surface area contributed by atoms with Crippen LogP contribution in [-0.4, -0.2) is 17.4 Å². The lowest BCUT2D eigenvalue weighted by Crippen LogP contribution is -2.26. The van der Waals surface area contributed by atoms with Crippen molar-refractivity contribution >= 4 is 16.8 Å². The van der Waals surface area contributed by atoms with Gasteiger partial charge in [0.15, 0.2) is 0 Å². The van der Waals surface area contributed by atoms with Gasteiger partial charge in [0, 0.05) is 30.1 Å². The Balaban J connectivity index is 1.53. The number of nitrogens with one attached hydrogen (secondary N) is 2. The Hall–Kier alpha value is -2.62. The molecule has 0 spiro atoms. The molecule has 3 rings (SSSR count). The number of carbonyl (C=O) groups excluding carboxylic acids is 1. The topological polar surface area (TPSA) is 44.9 Å². The van der Waals surface area contributed by atoms with Crippen LogP contribution in [0.1, 0.15) is 36.0 Å². The predicted octanol–water partition coefficient (Wildman–Crippen LogP) is 4.47. The van der Waals surface area contributed by atoms with Crippen LogP contribution in [0.5, 0.6) is 0 Å². The number of fused-ring (bicyclic) bond motifs is 1. The van der Waals surface area contributed by atoms with Crippen LogP contribution in [0.25, 0.3) is 10.9 Å². The third-order valence-electron chi connectivity index (χ3n) is 4.66. The monoisotopic (exact) mass is 338 g/mol. The smallest absolute Gasteiger partial charge is 0.220 e. The van der Waals surface area contributed by atoms with Crippen molar-refractivity contribution in [1.82, 2.24) is 10.3 Å². The normalized spacial score (nSPS) is 12.3. The lowest BCUT2D eigenvalue weighted by Gasteiger charge is -2.14. The number of hydrogen-bond donors (Lipinski definition) is 2. The molecule has 3 aromatic rings. The van der Waals surface area contributed by atoms with E-state index >= 15 is 0 Å². The third kappa shape index (κ3) is 4.08. The third-order valence-corrected chi connectivity index (χ3v) is 4.66. The number of aromatic nitrogens is 1. The van der Waals surface area contributed by atoms with Gasteiger partial charge < -0.3 is 10.3 Å². The van der Waals surface area contributed by atoms with Crippen LogP contribution in [0, 0.1) is 12.7 Å². The largest absolute Gasteiger partial charge is 0.361 e. The molecule has 0 saturated heterocycles. The Bertz CT molecular complexity index is 884. The van der Waals surface area contributed by atoms with Gasteiger partial charge in [-0.1, -0.05) is 31.2 Å². The number of aryl methyl sites for hydroxylation is 1. The molecule has 2 N–H and O–H groups in total. The van der Waals surface area contributed by atoms with Crippen LogP contribution in [-0.2, 0) is 11.2 Å². The molecule has 130 valence electrons. The molecule has 0 saturated carbocycles. The number of aromatic amines is 1. The summed E-state index contributed by atoms with van der Waals surface area (Å²) < 4.78 is 13.2. The highest BCUT2D eigenvalue weighted by atomic mass is 19.1. The number of hydrogen-bond acceptors (Lipinski definition) is 1. The van der Waals surface area contributed by atoms with Crippen molar-refractivity contribution in [1.29, 1.82) is 0 Å². The molecule has 1 heterocycles. The van der Waals surface area contributed by atoms with Crippen LogP contribution in [0.4, 0.5) is 4.39 Å². The molecule has 25 heavy (non-hydrogen) atoms. The molecule has 1 atom stereocenters.